The second kappa shape index (κ2) is 7.36. The zero-order chi connectivity index (χ0) is 21.7. The molecule has 1 aliphatic carbocycles. The van der Waals surface area contributed by atoms with Crippen molar-refractivity contribution in [1.82, 2.24) is 9.80 Å². The molecule has 0 unspecified atom stereocenters. The summed E-state index contributed by atoms with van der Waals surface area (Å²) in [7, 11) is 0. The second-order valence-corrected chi connectivity index (χ2v) is 9.53. The standard InChI is InChI=1S/C23H29FN2O4/c1-22(2)18-7-10-23(22,3)21(29)26(20(18)28)14-19(27)25-11-8-16(9-12-25)30-17-6-4-5-15(24)13-17/h4-6,13,16,18H,7-12,14H2,1-3H3/t18-,23+/m1/s1. The number of piperidine rings is 2. The Morgan fingerprint density at radius 1 is 1.17 bits per heavy atom. The third kappa shape index (κ3) is 3.28. The summed E-state index contributed by atoms with van der Waals surface area (Å²) in [5.74, 6) is -0.707. The fourth-order valence-electron chi connectivity index (χ4n) is 5.24. The number of hydrogen-bond donors (Lipinski definition) is 0. The van der Waals surface area contributed by atoms with E-state index in [4.69, 9.17) is 4.74 Å². The molecule has 2 saturated heterocycles. The summed E-state index contributed by atoms with van der Waals surface area (Å²) in [5, 5.41) is 0. The van der Waals surface area contributed by atoms with Crippen LogP contribution in [-0.2, 0) is 14.4 Å². The summed E-state index contributed by atoms with van der Waals surface area (Å²) in [5.41, 5.74) is -0.981. The number of fused-ring (bicyclic) bond motifs is 2. The van der Waals surface area contributed by atoms with Gasteiger partial charge in [-0.15, -0.1) is 0 Å². The van der Waals surface area contributed by atoms with E-state index in [2.05, 4.69) is 0 Å². The van der Waals surface area contributed by atoms with Crippen molar-refractivity contribution in [3.63, 3.8) is 0 Å². The lowest BCUT2D eigenvalue weighted by molar-refractivity contribution is -0.170. The van der Waals surface area contributed by atoms with E-state index in [1.807, 2.05) is 20.8 Å². The molecule has 4 rings (SSSR count). The number of amides is 3. The first kappa shape index (κ1) is 20.8. The van der Waals surface area contributed by atoms with Crippen molar-refractivity contribution in [3.8, 4) is 5.75 Å². The van der Waals surface area contributed by atoms with Gasteiger partial charge in [-0.05, 0) is 30.4 Å². The summed E-state index contributed by atoms with van der Waals surface area (Å²) < 4.78 is 19.1. The van der Waals surface area contributed by atoms with Crippen molar-refractivity contribution in [3.05, 3.63) is 30.1 Å². The van der Waals surface area contributed by atoms with Gasteiger partial charge in [-0.2, -0.15) is 0 Å². The van der Waals surface area contributed by atoms with Crippen LogP contribution in [0.1, 0.15) is 46.5 Å². The monoisotopic (exact) mass is 416 g/mol. The van der Waals surface area contributed by atoms with Crippen LogP contribution in [0, 0.1) is 22.6 Å². The van der Waals surface area contributed by atoms with E-state index in [9.17, 15) is 18.8 Å². The molecule has 1 aromatic rings. The van der Waals surface area contributed by atoms with Crippen LogP contribution in [0.15, 0.2) is 24.3 Å². The molecule has 2 heterocycles. The third-order valence-corrected chi connectivity index (χ3v) is 7.69. The summed E-state index contributed by atoms with van der Waals surface area (Å²) in [4.78, 5) is 41.8. The second-order valence-electron chi connectivity index (χ2n) is 9.53. The molecule has 162 valence electrons. The predicted molar refractivity (Wildman–Crippen MR) is 108 cm³/mol. The van der Waals surface area contributed by atoms with Gasteiger partial charge in [-0.3, -0.25) is 19.3 Å². The van der Waals surface area contributed by atoms with Gasteiger partial charge in [0, 0.05) is 37.9 Å². The van der Waals surface area contributed by atoms with E-state index < -0.39 is 5.41 Å². The molecule has 1 aromatic carbocycles. The largest absolute Gasteiger partial charge is 0.490 e. The molecule has 1 saturated carbocycles. The fourth-order valence-corrected chi connectivity index (χ4v) is 5.24. The quantitative estimate of drug-likeness (QED) is 0.708. The normalized spacial score (nSPS) is 28.7. The number of likely N-dealkylation sites (tertiary alicyclic amines) is 2. The Hall–Kier alpha value is -2.44. The van der Waals surface area contributed by atoms with Crippen LogP contribution in [0.2, 0.25) is 0 Å². The van der Waals surface area contributed by atoms with Crippen molar-refractivity contribution in [2.75, 3.05) is 19.6 Å². The highest BCUT2D eigenvalue weighted by Gasteiger charge is 2.64. The molecule has 30 heavy (non-hydrogen) atoms. The van der Waals surface area contributed by atoms with Gasteiger partial charge in [0.2, 0.25) is 17.7 Å². The highest BCUT2D eigenvalue weighted by atomic mass is 19.1. The maximum Gasteiger partial charge on any atom is 0.242 e. The number of benzene rings is 1. The molecule has 3 aliphatic rings. The molecule has 6 nitrogen and oxygen atoms in total. The van der Waals surface area contributed by atoms with Gasteiger partial charge in [-0.25, -0.2) is 4.39 Å². The minimum Gasteiger partial charge on any atom is -0.490 e. The molecular formula is C23H29FN2O4. The van der Waals surface area contributed by atoms with Crippen molar-refractivity contribution < 1.29 is 23.5 Å². The summed E-state index contributed by atoms with van der Waals surface area (Å²) in [6.45, 7) is 6.69. The number of halogens is 1. The Morgan fingerprint density at radius 2 is 1.87 bits per heavy atom. The Labute approximate surface area is 176 Å². The third-order valence-electron chi connectivity index (χ3n) is 7.69. The Morgan fingerprint density at radius 3 is 2.53 bits per heavy atom. The number of imide groups is 1. The van der Waals surface area contributed by atoms with Crippen LogP contribution in [0.5, 0.6) is 5.75 Å². The van der Waals surface area contributed by atoms with Crippen molar-refractivity contribution in [2.45, 2.75) is 52.6 Å². The average molecular weight is 416 g/mol. The van der Waals surface area contributed by atoms with Crippen LogP contribution in [-0.4, -0.2) is 53.3 Å². The fraction of sp³-hybridized carbons (Fsp3) is 0.609. The first-order chi connectivity index (χ1) is 14.1. The Kier molecular flexibility index (Phi) is 5.11. The van der Waals surface area contributed by atoms with Crippen LogP contribution < -0.4 is 4.74 Å². The van der Waals surface area contributed by atoms with Crippen LogP contribution in [0.25, 0.3) is 0 Å². The first-order valence-electron chi connectivity index (χ1n) is 10.7. The maximum atomic E-state index is 13.3. The van der Waals surface area contributed by atoms with Crippen LogP contribution in [0.4, 0.5) is 4.39 Å². The van der Waals surface area contributed by atoms with Gasteiger partial charge < -0.3 is 9.64 Å². The zero-order valence-corrected chi connectivity index (χ0v) is 17.8. The number of hydrogen-bond acceptors (Lipinski definition) is 4. The highest BCUT2D eigenvalue weighted by molar-refractivity contribution is 6.06. The molecule has 2 bridgehead atoms. The summed E-state index contributed by atoms with van der Waals surface area (Å²) in [6, 6.07) is 6.03. The zero-order valence-electron chi connectivity index (χ0n) is 17.8. The van der Waals surface area contributed by atoms with Crippen molar-refractivity contribution >= 4 is 17.7 Å². The number of carbonyl (C=O) groups is 3. The smallest absolute Gasteiger partial charge is 0.242 e. The number of rotatable bonds is 4. The Balaban J connectivity index is 1.35. The molecule has 3 amide bonds. The van der Waals surface area contributed by atoms with Gasteiger partial charge in [0.05, 0.1) is 5.41 Å². The van der Waals surface area contributed by atoms with E-state index >= 15 is 0 Å². The van der Waals surface area contributed by atoms with E-state index in [0.717, 1.165) is 0 Å². The van der Waals surface area contributed by atoms with Crippen LogP contribution >= 0.6 is 0 Å². The molecule has 7 heteroatoms. The molecule has 0 N–H and O–H groups in total. The SMILES string of the molecule is CC1(C)[C@@H]2CC[C@@]1(C)C(=O)N(CC(=O)N1CCC(Oc3cccc(F)c3)CC1)C2=O. The van der Waals surface area contributed by atoms with Crippen LogP contribution in [0.3, 0.4) is 0 Å². The Bertz CT molecular complexity index is 878. The topological polar surface area (TPSA) is 66.9 Å². The molecule has 0 radical (unpaired) electrons. The lowest BCUT2D eigenvalue weighted by atomic mass is 9.62. The lowest BCUT2D eigenvalue weighted by Gasteiger charge is -2.47. The summed E-state index contributed by atoms with van der Waals surface area (Å²) >= 11 is 0. The predicted octanol–water partition coefficient (Wildman–Crippen LogP) is 3.01. The molecule has 0 aromatic heterocycles. The molecule has 2 atom stereocenters. The van der Waals surface area contributed by atoms with E-state index in [1.165, 1.54) is 17.0 Å². The summed E-state index contributed by atoms with van der Waals surface area (Å²) in [6.07, 6.45) is 2.53. The van der Waals surface area contributed by atoms with Crippen molar-refractivity contribution in [1.29, 1.82) is 0 Å². The molecule has 2 aliphatic heterocycles. The molecular weight excluding hydrogens is 387 g/mol. The number of nitrogens with zero attached hydrogens (tertiary/aromatic N) is 2. The minimum absolute atomic E-state index is 0.0929. The van der Waals surface area contributed by atoms with Gasteiger partial charge >= 0.3 is 0 Å². The number of ether oxygens (including phenoxy) is 1. The van der Waals surface area contributed by atoms with Crippen molar-refractivity contribution in [2.24, 2.45) is 16.7 Å². The highest BCUT2D eigenvalue weighted by Crippen LogP contribution is 2.60. The van der Waals surface area contributed by atoms with Gasteiger partial charge in [0.25, 0.3) is 0 Å². The minimum atomic E-state index is -0.600. The lowest BCUT2D eigenvalue weighted by Crippen LogP contribution is -2.61. The first-order valence-corrected chi connectivity index (χ1v) is 10.7. The van der Waals surface area contributed by atoms with Gasteiger partial charge in [-0.1, -0.05) is 26.8 Å². The van der Waals surface area contributed by atoms with Gasteiger partial charge in [0.1, 0.15) is 24.2 Å². The molecule has 0 spiro atoms. The molecule has 3 fully saturated rings. The van der Waals surface area contributed by atoms with E-state index in [1.54, 1.807) is 17.0 Å². The maximum absolute atomic E-state index is 13.3. The van der Waals surface area contributed by atoms with E-state index in [0.29, 0.717) is 44.5 Å². The van der Waals surface area contributed by atoms with E-state index in [-0.39, 0.29) is 47.5 Å². The number of carbonyl (C=O) groups excluding carboxylic acids is 3. The van der Waals surface area contributed by atoms with Gasteiger partial charge in [0.15, 0.2) is 0 Å². The average Bonchev–Trinajstić information content (AvgIpc) is 2.89.